The first-order chi connectivity index (χ1) is 11.3. The Bertz CT molecular complexity index is 718. The summed E-state index contributed by atoms with van der Waals surface area (Å²) in [6.45, 7) is 0. The van der Waals surface area contributed by atoms with Gasteiger partial charge in [-0.2, -0.15) is 0 Å². The molecule has 2 aliphatic rings. The molecule has 1 heterocycles. The van der Waals surface area contributed by atoms with Gasteiger partial charge in [-0.1, -0.05) is 30.7 Å². The van der Waals surface area contributed by atoms with Crippen molar-refractivity contribution in [3.63, 3.8) is 0 Å². The van der Waals surface area contributed by atoms with Gasteiger partial charge < -0.3 is 5.32 Å². The van der Waals surface area contributed by atoms with E-state index in [9.17, 15) is 4.79 Å². The minimum Gasteiger partial charge on any atom is -0.345 e. The molecule has 3 heteroatoms. The van der Waals surface area contributed by atoms with E-state index in [4.69, 9.17) is 0 Å². The molecule has 1 atom stereocenters. The molecule has 4 rings (SSSR count). The monoisotopic (exact) mass is 325 g/mol. The number of aryl methyl sites for hydroxylation is 2. The zero-order valence-electron chi connectivity index (χ0n) is 13.4. The first-order valence-corrected chi connectivity index (χ1v) is 9.69. The highest BCUT2D eigenvalue weighted by Crippen LogP contribution is 2.32. The molecule has 0 saturated carbocycles. The molecule has 1 unspecified atom stereocenters. The fourth-order valence-electron chi connectivity index (χ4n) is 4.00. The molecule has 0 aliphatic heterocycles. The molecule has 2 aliphatic carbocycles. The van der Waals surface area contributed by atoms with E-state index in [-0.39, 0.29) is 11.9 Å². The third-order valence-electron chi connectivity index (χ3n) is 5.23. The van der Waals surface area contributed by atoms with Gasteiger partial charge in [0.1, 0.15) is 0 Å². The van der Waals surface area contributed by atoms with Crippen molar-refractivity contribution in [2.24, 2.45) is 0 Å². The van der Waals surface area contributed by atoms with Crippen LogP contribution in [0.5, 0.6) is 0 Å². The van der Waals surface area contributed by atoms with Crippen LogP contribution in [-0.2, 0) is 19.3 Å². The summed E-state index contributed by atoms with van der Waals surface area (Å²) < 4.78 is 0. The second-order valence-corrected chi connectivity index (χ2v) is 7.69. The smallest absolute Gasteiger partial charge is 0.252 e. The number of hydrogen-bond donors (Lipinski definition) is 1. The predicted molar refractivity (Wildman–Crippen MR) is 95.2 cm³/mol. The van der Waals surface area contributed by atoms with Gasteiger partial charge in [-0.3, -0.25) is 4.79 Å². The van der Waals surface area contributed by atoms with Crippen LogP contribution in [0.15, 0.2) is 29.6 Å². The number of carbonyl (C=O) groups excluding carboxylic acids is 1. The van der Waals surface area contributed by atoms with Crippen molar-refractivity contribution >= 4 is 17.2 Å². The van der Waals surface area contributed by atoms with Gasteiger partial charge in [-0.05, 0) is 61.6 Å². The van der Waals surface area contributed by atoms with Crippen LogP contribution in [0, 0.1) is 0 Å². The predicted octanol–water partition coefficient (Wildman–Crippen LogP) is 4.82. The molecule has 0 bridgehead atoms. The molecule has 120 valence electrons. The fraction of sp³-hybridized carbons (Fsp3) is 0.450. The number of hydrogen-bond acceptors (Lipinski definition) is 2. The lowest BCUT2D eigenvalue weighted by Crippen LogP contribution is -2.31. The second kappa shape index (κ2) is 6.48. The van der Waals surface area contributed by atoms with Gasteiger partial charge in [-0.15, -0.1) is 11.3 Å². The lowest BCUT2D eigenvalue weighted by molar-refractivity contribution is 0.0932. The van der Waals surface area contributed by atoms with Crippen LogP contribution in [-0.4, -0.2) is 5.91 Å². The summed E-state index contributed by atoms with van der Waals surface area (Å²) in [6.07, 6.45) is 9.34. The van der Waals surface area contributed by atoms with Crippen LogP contribution >= 0.6 is 11.3 Å². The lowest BCUT2D eigenvalue weighted by atomic mass is 9.87. The van der Waals surface area contributed by atoms with Gasteiger partial charge in [0.15, 0.2) is 0 Å². The third kappa shape index (κ3) is 2.94. The van der Waals surface area contributed by atoms with E-state index in [0.29, 0.717) is 0 Å². The van der Waals surface area contributed by atoms with E-state index < -0.39 is 0 Å². The minimum atomic E-state index is 0.131. The SMILES string of the molecule is O=C(NC1CCCc2ccccc21)c1csc2c1CCCCC2. The van der Waals surface area contributed by atoms with E-state index in [1.165, 1.54) is 40.8 Å². The van der Waals surface area contributed by atoms with Crippen LogP contribution in [0.4, 0.5) is 0 Å². The number of thiophene rings is 1. The molecule has 23 heavy (non-hydrogen) atoms. The van der Waals surface area contributed by atoms with Crippen molar-refractivity contribution < 1.29 is 4.79 Å². The van der Waals surface area contributed by atoms with Crippen molar-refractivity contribution in [3.05, 3.63) is 56.8 Å². The topological polar surface area (TPSA) is 29.1 Å². The zero-order valence-corrected chi connectivity index (χ0v) is 14.3. The van der Waals surface area contributed by atoms with Crippen LogP contribution in [0.3, 0.4) is 0 Å². The quantitative estimate of drug-likeness (QED) is 0.788. The summed E-state index contributed by atoms with van der Waals surface area (Å²) in [4.78, 5) is 14.3. The number of nitrogens with one attached hydrogen (secondary N) is 1. The molecule has 1 N–H and O–H groups in total. The summed E-state index contributed by atoms with van der Waals surface area (Å²) in [7, 11) is 0. The van der Waals surface area contributed by atoms with Crippen LogP contribution < -0.4 is 5.32 Å². The molecule has 0 fully saturated rings. The molecule has 1 aromatic heterocycles. The molecule has 2 nitrogen and oxygen atoms in total. The standard InChI is InChI=1S/C20H23NOS/c22-20(17-13-23-19-12-3-1-2-10-16(17)19)21-18-11-6-8-14-7-4-5-9-15(14)18/h4-5,7,9,13,18H,1-3,6,8,10-12H2,(H,21,22). The van der Waals surface area contributed by atoms with Crippen LogP contribution in [0.2, 0.25) is 0 Å². The number of benzene rings is 1. The Kier molecular flexibility index (Phi) is 4.21. The highest BCUT2D eigenvalue weighted by molar-refractivity contribution is 7.10. The van der Waals surface area contributed by atoms with E-state index in [0.717, 1.165) is 37.7 Å². The maximum absolute atomic E-state index is 12.9. The van der Waals surface area contributed by atoms with Gasteiger partial charge in [0.25, 0.3) is 5.91 Å². The first-order valence-electron chi connectivity index (χ1n) is 8.81. The number of carbonyl (C=O) groups is 1. The maximum Gasteiger partial charge on any atom is 0.252 e. The molecule has 1 aromatic carbocycles. The molecular formula is C20H23NOS. The van der Waals surface area contributed by atoms with E-state index in [1.54, 1.807) is 11.3 Å². The highest BCUT2D eigenvalue weighted by Gasteiger charge is 2.24. The van der Waals surface area contributed by atoms with Gasteiger partial charge >= 0.3 is 0 Å². The number of amides is 1. The van der Waals surface area contributed by atoms with Gasteiger partial charge in [0, 0.05) is 10.3 Å². The van der Waals surface area contributed by atoms with Crippen molar-refractivity contribution in [3.8, 4) is 0 Å². The first kappa shape index (κ1) is 14.9. The van der Waals surface area contributed by atoms with Crippen LogP contribution in [0.1, 0.15) is 70.1 Å². The average molecular weight is 325 g/mol. The largest absolute Gasteiger partial charge is 0.345 e. The van der Waals surface area contributed by atoms with E-state index >= 15 is 0 Å². The van der Waals surface area contributed by atoms with Crippen molar-refractivity contribution in [2.75, 3.05) is 0 Å². The number of rotatable bonds is 2. The van der Waals surface area contributed by atoms with Crippen molar-refractivity contribution in [1.82, 2.24) is 5.32 Å². The van der Waals surface area contributed by atoms with Crippen LogP contribution in [0.25, 0.3) is 0 Å². The van der Waals surface area contributed by atoms with Crippen molar-refractivity contribution in [1.29, 1.82) is 0 Å². The number of fused-ring (bicyclic) bond motifs is 2. The summed E-state index contributed by atoms with van der Waals surface area (Å²) in [6, 6.07) is 8.73. The summed E-state index contributed by atoms with van der Waals surface area (Å²) >= 11 is 1.78. The molecule has 0 spiro atoms. The average Bonchev–Trinajstić information content (AvgIpc) is 2.84. The lowest BCUT2D eigenvalue weighted by Gasteiger charge is -2.26. The normalized spacial score (nSPS) is 20.3. The molecule has 1 amide bonds. The Morgan fingerprint density at radius 1 is 1.04 bits per heavy atom. The summed E-state index contributed by atoms with van der Waals surface area (Å²) in [5.74, 6) is 0.131. The molecule has 0 radical (unpaired) electrons. The molecular weight excluding hydrogens is 302 g/mol. The fourth-order valence-corrected chi connectivity index (χ4v) is 5.13. The Morgan fingerprint density at radius 3 is 2.87 bits per heavy atom. The Labute approximate surface area is 141 Å². The Morgan fingerprint density at radius 2 is 1.91 bits per heavy atom. The van der Waals surface area contributed by atoms with E-state index in [1.807, 2.05) is 0 Å². The Balaban J connectivity index is 1.56. The zero-order chi connectivity index (χ0) is 15.6. The molecule has 2 aromatic rings. The van der Waals surface area contributed by atoms with Gasteiger partial charge in [0.05, 0.1) is 11.6 Å². The van der Waals surface area contributed by atoms with Crippen molar-refractivity contribution in [2.45, 2.75) is 57.4 Å². The van der Waals surface area contributed by atoms with E-state index in [2.05, 4.69) is 35.0 Å². The van der Waals surface area contributed by atoms with Gasteiger partial charge in [-0.25, -0.2) is 0 Å². The third-order valence-corrected chi connectivity index (χ3v) is 6.32. The summed E-state index contributed by atoms with van der Waals surface area (Å²) in [5.41, 5.74) is 4.98. The minimum absolute atomic E-state index is 0.131. The highest BCUT2D eigenvalue weighted by atomic mass is 32.1. The van der Waals surface area contributed by atoms with Gasteiger partial charge in [0.2, 0.25) is 0 Å². The Hall–Kier alpha value is -1.61. The molecule has 0 saturated heterocycles. The summed E-state index contributed by atoms with van der Waals surface area (Å²) in [5, 5.41) is 5.40. The maximum atomic E-state index is 12.9. The second-order valence-electron chi connectivity index (χ2n) is 6.73.